The first-order valence-corrected chi connectivity index (χ1v) is 14.9. The zero-order valence-corrected chi connectivity index (χ0v) is 25.4. The highest BCUT2D eigenvalue weighted by molar-refractivity contribution is 6.14. The third-order valence-electron chi connectivity index (χ3n) is 8.56. The summed E-state index contributed by atoms with van der Waals surface area (Å²) in [6.45, 7) is 4.74. The molecule has 15 heteroatoms. The molecule has 2 N–H and O–H groups in total. The van der Waals surface area contributed by atoms with Gasteiger partial charge in [0.05, 0.1) is 35.7 Å². The largest absolute Gasteiger partial charge is 0.573 e. The van der Waals surface area contributed by atoms with E-state index in [1.807, 2.05) is 11.9 Å². The maximum Gasteiger partial charge on any atom is 0.573 e. The smallest absolute Gasteiger partial charge is 0.463 e. The molecule has 0 aliphatic carbocycles. The number of hydrogen-bond donors (Lipinski definition) is 1. The number of carbonyl (C=O) groups is 1. The normalized spacial score (nSPS) is 18.9. The lowest BCUT2D eigenvalue weighted by Crippen LogP contribution is -2.55. The number of carbonyl (C=O) groups excluding carboxylic acids is 1. The molecule has 2 saturated heterocycles. The van der Waals surface area contributed by atoms with Crippen molar-refractivity contribution < 1.29 is 36.2 Å². The van der Waals surface area contributed by atoms with Crippen LogP contribution in [0.1, 0.15) is 19.3 Å². The maximum atomic E-state index is 13.9. The van der Waals surface area contributed by atoms with Gasteiger partial charge in [-0.05, 0) is 62.3 Å². The van der Waals surface area contributed by atoms with Crippen LogP contribution in [0.2, 0.25) is 0 Å². The number of ether oxygens (including phenoxy) is 2. The van der Waals surface area contributed by atoms with Gasteiger partial charge >= 0.3 is 12.4 Å². The second kappa shape index (κ2) is 12.6. The van der Waals surface area contributed by atoms with Gasteiger partial charge in [-0.25, -0.2) is 4.39 Å². The van der Waals surface area contributed by atoms with Gasteiger partial charge in [0.1, 0.15) is 23.8 Å². The Morgan fingerprint density at radius 1 is 1.17 bits per heavy atom. The number of aromatic nitrogens is 2. The van der Waals surface area contributed by atoms with Crippen molar-refractivity contribution in [3.05, 3.63) is 49.0 Å². The van der Waals surface area contributed by atoms with Gasteiger partial charge in [-0.15, -0.1) is 13.2 Å². The van der Waals surface area contributed by atoms with E-state index in [4.69, 9.17) is 19.9 Å². The Morgan fingerprint density at radius 2 is 1.98 bits per heavy atom. The number of piperazine rings is 1. The van der Waals surface area contributed by atoms with Crippen molar-refractivity contribution >= 4 is 39.3 Å². The number of benzene rings is 2. The summed E-state index contributed by atoms with van der Waals surface area (Å²) >= 11 is 0. The topological polar surface area (TPSA) is 134 Å². The standard InChI is InChI=1S/C32H31F4N7O4/c1-18(33)30(44)43-12-11-42(16-20(43)7-9-37)29-27-25(39-31(40-29)46-17-21-4-3-10-41(21)2)15-23(22-8-13-45-28(22)27)24-14-19(38)5-6-26(24)47-32(34,35)36/h5-6,8,13-15,20-21H,1,3-4,7,10-12,16-17,38H2,2H3/t20-,21-/m0/s1. The Bertz CT molecular complexity index is 1890. The molecule has 2 aliphatic heterocycles. The Labute approximate surface area is 266 Å². The second-order valence-corrected chi connectivity index (χ2v) is 11.6. The summed E-state index contributed by atoms with van der Waals surface area (Å²) in [5, 5.41) is 10.4. The molecule has 246 valence electrons. The minimum atomic E-state index is -4.96. The number of furan rings is 1. The van der Waals surface area contributed by atoms with E-state index in [-0.39, 0.29) is 54.9 Å². The third kappa shape index (κ3) is 6.46. The van der Waals surface area contributed by atoms with Crippen molar-refractivity contribution in [3.63, 3.8) is 0 Å². The first kappa shape index (κ1) is 31.9. The molecule has 6 rings (SSSR count). The molecule has 0 radical (unpaired) electrons. The Hall–Kier alpha value is -5.10. The van der Waals surface area contributed by atoms with Gasteiger partial charge < -0.3 is 34.3 Å². The van der Waals surface area contributed by atoms with E-state index >= 15 is 0 Å². The predicted octanol–water partition coefficient (Wildman–Crippen LogP) is 5.41. The molecule has 0 bridgehead atoms. The summed E-state index contributed by atoms with van der Waals surface area (Å²) in [5.74, 6) is -2.11. The molecule has 4 aromatic rings. The van der Waals surface area contributed by atoms with Gasteiger partial charge in [0.25, 0.3) is 5.91 Å². The molecule has 0 unspecified atom stereocenters. The van der Waals surface area contributed by atoms with Gasteiger partial charge in [0.15, 0.2) is 5.83 Å². The van der Waals surface area contributed by atoms with Crippen LogP contribution in [0.3, 0.4) is 0 Å². The van der Waals surface area contributed by atoms with Crippen LogP contribution in [0.15, 0.2) is 53.4 Å². The Kier molecular flexibility index (Phi) is 8.54. The minimum absolute atomic E-state index is 0.0245. The van der Waals surface area contributed by atoms with Gasteiger partial charge in [-0.2, -0.15) is 15.2 Å². The lowest BCUT2D eigenvalue weighted by Gasteiger charge is -2.41. The molecule has 2 aliphatic rings. The van der Waals surface area contributed by atoms with Crippen molar-refractivity contribution in [2.75, 3.05) is 50.5 Å². The number of nitrogens with two attached hydrogens (primary N) is 1. The number of rotatable bonds is 8. The van der Waals surface area contributed by atoms with E-state index < -0.39 is 29.9 Å². The number of likely N-dealkylation sites (tertiary alicyclic amines) is 1. The second-order valence-electron chi connectivity index (χ2n) is 11.6. The highest BCUT2D eigenvalue weighted by atomic mass is 19.4. The van der Waals surface area contributed by atoms with Crippen LogP contribution >= 0.6 is 0 Å². The molecule has 2 aromatic carbocycles. The number of nitriles is 1. The third-order valence-corrected chi connectivity index (χ3v) is 8.56. The number of alkyl halides is 3. The lowest BCUT2D eigenvalue weighted by molar-refractivity contribution is -0.274. The summed E-state index contributed by atoms with van der Waals surface area (Å²) in [6, 6.07) is 8.58. The van der Waals surface area contributed by atoms with E-state index in [9.17, 15) is 27.6 Å². The molecule has 4 heterocycles. The van der Waals surface area contributed by atoms with Crippen LogP contribution in [0.4, 0.5) is 29.1 Å². The molecular formula is C32H31F4N7O4. The minimum Gasteiger partial charge on any atom is -0.463 e. The van der Waals surface area contributed by atoms with Crippen molar-refractivity contribution in [2.45, 2.75) is 37.7 Å². The predicted molar refractivity (Wildman–Crippen MR) is 165 cm³/mol. The lowest BCUT2D eigenvalue weighted by atomic mass is 9.97. The number of anilines is 2. The van der Waals surface area contributed by atoms with Crippen LogP contribution < -0.4 is 20.1 Å². The average molecular weight is 654 g/mol. The molecular weight excluding hydrogens is 622 g/mol. The summed E-state index contributed by atoms with van der Waals surface area (Å²) in [4.78, 5) is 27.3. The summed E-state index contributed by atoms with van der Waals surface area (Å²) in [6.07, 6.45) is -1.69. The van der Waals surface area contributed by atoms with Crippen molar-refractivity contribution in [3.8, 4) is 29.0 Å². The van der Waals surface area contributed by atoms with E-state index in [2.05, 4.69) is 27.3 Å². The molecule has 2 fully saturated rings. The number of halogens is 4. The van der Waals surface area contributed by atoms with Crippen LogP contribution in [0.5, 0.6) is 11.8 Å². The van der Waals surface area contributed by atoms with Crippen molar-refractivity contribution in [1.29, 1.82) is 5.26 Å². The Morgan fingerprint density at radius 3 is 2.68 bits per heavy atom. The number of fused-ring (bicyclic) bond motifs is 3. The SMILES string of the molecule is C=C(F)C(=O)N1CCN(c2nc(OC[C@@H]3CCCN3C)nc3cc(-c4cc(N)ccc4OC(F)(F)F)c4ccoc4c23)C[C@@H]1CC#N. The number of amides is 1. The van der Waals surface area contributed by atoms with Gasteiger partial charge in [0.2, 0.25) is 0 Å². The van der Waals surface area contributed by atoms with Gasteiger partial charge in [-0.3, -0.25) is 4.79 Å². The molecule has 11 nitrogen and oxygen atoms in total. The highest BCUT2D eigenvalue weighted by Gasteiger charge is 2.35. The average Bonchev–Trinajstić information content (AvgIpc) is 3.68. The van der Waals surface area contributed by atoms with E-state index in [1.165, 1.54) is 23.3 Å². The Balaban J connectivity index is 1.51. The van der Waals surface area contributed by atoms with Gasteiger partial charge in [0, 0.05) is 42.3 Å². The molecule has 0 spiro atoms. The number of hydrogen-bond acceptors (Lipinski definition) is 10. The fourth-order valence-corrected chi connectivity index (χ4v) is 6.30. The number of nitrogen functional groups attached to an aromatic ring is 1. The summed E-state index contributed by atoms with van der Waals surface area (Å²) in [7, 11) is 2.00. The first-order valence-electron chi connectivity index (χ1n) is 14.9. The monoisotopic (exact) mass is 653 g/mol. The zero-order valence-electron chi connectivity index (χ0n) is 25.4. The van der Waals surface area contributed by atoms with E-state index in [0.717, 1.165) is 25.5 Å². The van der Waals surface area contributed by atoms with E-state index in [0.29, 0.717) is 34.3 Å². The van der Waals surface area contributed by atoms with Crippen molar-refractivity contribution in [1.82, 2.24) is 19.8 Å². The molecule has 47 heavy (non-hydrogen) atoms. The quantitative estimate of drug-likeness (QED) is 0.149. The summed E-state index contributed by atoms with van der Waals surface area (Å²) < 4.78 is 70.5. The molecule has 2 atom stereocenters. The molecule has 0 saturated carbocycles. The van der Waals surface area contributed by atoms with E-state index in [1.54, 1.807) is 12.1 Å². The van der Waals surface area contributed by atoms with Crippen LogP contribution in [-0.4, -0.2) is 84.0 Å². The zero-order chi connectivity index (χ0) is 33.5. The first-order chi connectivity index (χ1) is 22.4. The van der Waals surface area contributed by atoms with Gasteiger partial charge in [-0.1, -0.05) is 6.58 Å². The van der Waals surface area contributed by atoms with Crippen LogP contribution in [0.25, 0.3) is 33.0 Å². The van der Waals surface area contributed by atoms with Crippen LogP contribution in [-0.2, 0) is 4.79 Å². The molecule has 1 amide bonds. The number of likely N-dealkylation sites (N-methyl/N-ethyl adjacent to an activating group) is 1. The maximum absolute atomic E-state index is 13.9. The highest BCUT2D eigenvalue weighted by Crippen LogP contribution is 2.44. The molecule has 2 aromatic heterocycles. The van der Waals surface area contributed by atoms with Crippen molar-refractivity contribution in [2.24, 2.45) is 0 Å². The number of nitrogens with zero attached hydrogens (tertiary/aromatic N) is 6. The fraction of sp³-hybridized carbons (Fsp3) is 0.375. The summed E-state index contributed by atoms with van der Waals surface area (Å²) in [5.41, 5.74) is 7.19. The fourth-order valence-electron chi connectivity index (χ4n) is 6.30. The van der Waals surface area contributed by atoms with Crippen LogP contribution in [0, 0.1) is 11.3 Å².